The van der Waals surface area contributed by atoms with Crippen LogP contribution in [0.5, 0.6) is 0 Å². The fraction of sp³-hybridized carbons (Fsp3) is 0.250. The number of rotatable bonds is 6. The third kappa shape index (κ3) is 4.06. The van der Waals surface area contributed by atoms with E-state index in [-0.39, 0.29) is 11.7 Å². The number of carbonyl (C=O) groups is 1. The maximum atomic E-state index is 13.0. The molecular formula is C20H21FN2O2. The molecule has 130 valence electrons. The van der Waals surface area contributed by atoms with Gasteiger partial charge in [-0.15, -0.1) is 0 Å². The molecule has 1 amide bonds. The van der Waals surface area contributed by atoms with Crippen molar-refractivity contribution in [1.29, 1.82) is 0 Å². The minimum absolute atomic E-state index is 0.126. The van der Waals surface area contributed by atoms with Gasteiger partial charge in [0.15, 0.2) is 0 Å². The largest absolute Gasteiger partial charge is 0.386 e. The van der Waals surface area contributed by atoms with E-state index in [9.17, 15) is 14.3 Å². The van der Waals surface area contributed by atoms with Crippen molar-refractivity contribution >= 4 is 16.8 Å². The summed E-state index contributed by atoms with van der Waals surface area (Å²) in [4.78, 5) is 15.4. The molecule has 0 bridgehead atoms. The number of benzene rings is 2. The van der Waals surface area contributed by atoms with Crippen molar-refractivity contribution in [3.05, 3.63) is 71.7 Å². The summed E-state index contributed by atoms with van der Waals surface area (Å²) in [5.41, 5.74) is 2.72. The number of amides is 1. The van der Waals surface area contributed by atoms with Crippen molar-refractivity contribution in [2.45, 2.75) is 31.9 Å². The molecule has 0 aliphatic heterocycles. The molecule has 0 spiro atoms. The Morgan fingerprint density at radius 2 is 1.92 bits per heavy atom. The number of para-hydroxylation sites is 1. The minimum Gasteiger partial charge on any atom is -0.386 e. The normalized spacial score (nSPS) is 13.6. The zero-order valence-electron chi connectivity index (χ0n) is 14.0. The van der Waals surface area contributed by atoms with E-state index in [1.807, 2.05) is 30.5 Å². The Bertz CT molecular complexity index is 858. The average Bonchev–Trinajstić information content (AvgIpc) is 3.03. The molecule has 1 heterocycles. The van der Waals surface area contributed by atoms with E-state index in [1.54, 1.807) is 6.92 Å². The van der Waals surface area contributed by atoms with E-state index in [0.717, 1.165) is 16.5 Å². The van der Waals surface area contributed by atoms with Crippen molar-refractivity contribution in [3.8, 4) is 0 Å². The summed E-state index contributed by atoms with van der Waals surface area (Å²) in [6, 6.07) is 13.1. The van der Waals surface area contributed by atoms with Crippen LogP contribution >= 0.6 is 0 Å². The summed E-state index contributed by atoms with van der Waals surface area (Å²) >= 11 is 0. The maximum Gasteiger partial charge on any atom is 0.220 e. The van der Waals surface area contributed by atoms with E-state index < -0.39 is 12.1 Å². The highest BCUT2D eigenvalue weighted by molar-refractivity contribution is 5.84. The van der Waals surface area contributed by atoms with Gasteiger partial charge in [-0.1, -0.05) is 30.3 Å². The Labute approximate surface area is 145 Å². The molecule has 0 radical (unpaired) electrons. The number of H-pyrrole nitrogens is 1. The fourth-order valence-electron chi connectivity index (χ4n) is 2.94. The minimum atomic E-state index is -0.877. The molecule has 1 aromatic heterocycles. The summed E-state index contributed by atoms with van der Waals surface area (Å²) in [7, 11) is 0. The predicted molar refractivity (Wildman–Crippen MR) is 95.6 cm³/mol. The topological polar surface area (TPSA) is 65.1 Å². The fourth-order valence-corrected chi connectivity index (χ4v) is 2.94. The molecule has 25 heavy (non-hydrogen) atoms. The second-order valence-corrected chi connectivity index (χ2v) is 6.21. The number of hydrogen-bond acceptors (Lipinski definition) is 2. The van der Waals surface area contributed by atoms with Crippen LogP contribution in [0.2, 0.25) is 0 Å². The molecule has 2 atom stereocenters. The monoisotopic (exact) mass is 340 g/mol. The van der Waals surface area contributed by atoms with E-state index in [1.165, 1.54) is 24.3 Å². The Hall–Kier alpha value is -2.66. The standard InChI is InChI=1S/C20H21FN2O2/c1-13(20(25)14-6-9-16(21)10-7-14)23-19(24)11-8-15-12-22-18-5-3-2-4-17(15)18/h2-7,9-10,12-13,20,22,25H,8,11H2,1H3,(H,23,24). The van der Waals surface area contributed by atoms with Crippen LogP contribution in [0.4, 0.5) is 4.39 Å². The highest BCUT2D eigenvalue weighted by Crippen LogP contribution is 2.20. The van der Waals surface area contributed by atoms with Crippen molar-refractivity contribution in [2.24, 2.45) is 0 Å². The first-order chi connectivity index (χ1) is 12.0. The molecule has 0 aliphatic rings. The highest BCUT2D eigenvalue weighted by atomic mass is 19.1. The van der Waals surface area contributed by atoms with E-state index >= 15 is 0 Å². The third-order valence-electron chi connectivity index (χ3n) is 4.37. The number of aliphatic hydroxyl groups excluding tert-OH is 1. The molecule has 0 saturated carbocycles. The van der Waals surface area contributed by atoms with Gasteiger partial charge in [0.05, 0.1) is 12.1 Å². The second kappa shape index (κ2) is 7.49. The lowest BCUT2D eigenvalue weighted by Crippen LogP contribution is -2.37. The van der Waals surface area contributed by atoms with Crippen molar-refractivity contribution in [3.63, 3.8) is 0 Å². The van der Waals surface area contributed by atoms with Gasteiger partial charge in [-0.05, 0) is 42.7 Å². The summed E-state index contributed by atoms with van der Waals surface area (Å²) in [5, 5.41) is 14.2. The van der Waals surface area contributed by atoms with Gasteiger partial charge >= 0.3 is 0 Å². The van der Waals surface area contributed by atoms with Crippen molar-refractivity contribution < 1.29 is 14.3 Å². The van der Waals surface area contributed by atoms with Crippen molar-refractivity contribution in [1.82, 2.24) is 10.3 Å². The summed E-state index contributed by atoms with van der Waals surface area (Å²) in [6.45, 7) is 1.73. The van der Waals surface area contributed by atoms with E-state index in [4.69, 9.17) is 0 Å². The number of nitrogens with one attached hydrogen (secondary N) is 2. The first-order valence-corrected chi connectivity index (χ1v) is 8.32. The molecule has 0 aliphatic carbocycles. The Kier molecular flexibility index (Phi) is 5.14. The lowest BCUT2D eigenvalue weighted by atomic mass is 10.0. The van der Waals surface area contributed by atoms with Gasteiger partial charge in [-0.3, -0.25) is 4.79 Å². The van der Waals surface area contributed by atoms with Gasteiger partial charge in [0, 0.05) is 23.5 Å². The van der Waals surface area contributed by atoms with Crippen LogP contribution in [0.1, 0.15) is 30.6 Å². The van der Waals surface area contributed by atoms with Crippen LogP contribution in [0, 0.1) is 5.82 Å². The lowest BCUT2D eigenvalue weighted by molar-refractivity contribution is -0.122. The molecule has 2 aromatic carbocycles. The molecule has 3 aromatic rings. The quantitative estimate of drug-likeness (QED) is 0.643. The Balaban J connectivity index is 1.55. The number of hydrogen-bond donors (Lipinski definition) is 3. The van der Waals surface area contributed by atoms with Gasteiger partial charge < -0.3 is 15.4 Å². The van der Waals surface area contributed by atoms with Crippen LogP contribution in [-0.4, -0.2) is 22.0 Å². The molecule has 3 N–H and O–H groups in total. The molecular weight excluding hydrogens is 319 g/mol. The van der Waals surface area contributed by atoms with Gasteiger partial charge in [0.1, 0.15) is 5.82 Å². The SMILES string of the molecule is CC(NC(=O)CCc1c[nH]c2ccccc12)C(O)c1ccc(F)cc1. The summed E-state index contributed by atoms with van der Waals surface area (Å²) in [6.07, 6.45) is 2.00. The zero-order valence-corrected chi connectivity index (χ0v) is 14.0. The van der Waals surface area contributed by atoms with E-state index in [0.29, 0.717) is 18.4 Å². The molecule has 0 saturated heterocycles. The number of fused-ring (bicyclic) bond motifs is 1. The molecule has 0 fully saturated rings. The van der Waals surface area contributed by atoms with Gasteiger partial charge in [0.2, 0.25) is 5.91 Å². The molecule has 2 unspecified atom stereocenters. The van der Waals surface area contributed by atoms with Crippen LogP contribution in [0.15, 0.2) is 54.7 Å². The van der Waals surface area contributed by atoms with Crippen LogP contribution < -0.4 is 5.32 Å². The van der Waals surface area contributed by atoms with Gasteiger partial charge in [0.25, 0.3) is 0 Å². The predicted octanol–water partition coefficient (Wildman–Crippen LogP) is 3.48. The number of aryl methyl sites for hydroxylation is 1. The molecule has 5 heteroatoms. The van der Waals surface area contributed by atoms with Crippen LogP contribution in [0.25, 0.3) is 10.9 Å². The lowest BCUT2D eigenvalue weighted by Gasteiger charge is -2.20. The highest BCUT2D eigenvalue weighted by Gasteiger charge is 2.18. The Morgan fingerprint density at radius 1 is 1.20 bits per heavy atom. The van der Waals surface area contributed by atoms with E-state index in [2.05, 4.69) is 10.3 Å². The third-order valence-corrected chi connectivity index (χ3v) is 4.37. The number of carbonyl (C=O) groups excluding carboxylic acids is 1. The van der Waals surface area contributed by atoms with Gasteiger partial charge in [-0.25, -0.2) is 4.39 Å². The number of halogens is 1. The summed E-state index contributed by atoms with van der Waals surface area (Å²) < 4.78 is 13.0. The zero-order chi connectivity index (χ0) is 17.8. The second-order valence-electron chi connectivity index (χ2n) is 6.21. The van der Waals surface area contributed by atoms with Gasteiger partial charge in [-0.2, -0.15) is 0 Å². The molecule has 3 rings (SSSR count). The number of aromatic amines is 1. The first kappa shape index (κ1) is 17.2. The van der Waals surface area contributed by atoms with Crippen LogP contribution in [0.3, 0.4) is 0 Å². The Morgan fingerprint density at radius 3 is 2.68 bits per heavy atom. The summed E-state index contributed by atoms with van der Waals surface area (Å²) in [5.74, 6) is -0.481. The number of aliphatic hydroxyl groups is 1. The first-order valence-electron chi connectivity index (χ1n) is 8.32. The number of aromatic nitrogens is 1. The maximum absolute atomic E-state index is 13.0. The van der Waals surface area contributed by atoms with Crippen LogP contribution in [-0.2, 0) is 11.2 Å². The average molecular weight is 340 g/mol. The molecule has 4 nitrogen and oxygen atoms in total. The van der Waals surface area contributed by atoms with Crippen molar-refractivity contribution in [2.75, 3.05) is 0 Å². The smallest absolute Gasteiger partial charge is 0.220 e.